The van der Waals surface area contributed by atoms with Gasteiger partial charge in [0.2, 0.25) is 0 Å². The standard InChI is InChI=1S/C11H18N2S/c1-2-4-10-13-9(7-14-10)11(8-12)5-3-6-11/h7H,2-6,8,12H2,1H3. The summed E-state index contributed by atoms with van der Waals surface area (Å²) in [6.07, 6.45) is 6.09. The Bertz CT molecular complexity index is 296. The number of nitrogens with two attached hydrogens (primary N) is 1. The molecule has 1 saturated carbocycles. The van der Waals surface area contributed by atoms with Crippen LogP contribution in [-0.2, 0) is 11.8 Å². The predicted octanol–water partition coefficient (Wildman–Crippen LogP) is 2.48. The van der Waals surface area contributed by atoms with Gasteiger partial charge in [0, 0.05) is 17.3 Å². The average Bonchev–Trinajstić information content (AvgIpc) is 2.54. The van der Waals surface area contributed by atoms with Gasteiger partial charge in [0.05, 0.1) is 10.7 Å². The second-order valence-corrected chi connectivity index (χ2v) is 5.16. The van der Waals surface area contributed by atoms with Crippen LogP contribution in [0.25, 0.3) is 0 Å². The molecule has 0 aliphatic heterocycles. The molecular weight excluding hydrogens is 192 g/mol. The lowest BCUT2D eigenvalue weighted by Crippen LogP contribution is -2.41. The Morgan fingerprint density at radius 3 is 2.86 bits per heavy atom. The molecule has 0 unspecified atom stereocenters. The second kappa shape index (κ2) is 3.99. The van der Waals surface area contributed by atoms with Crippen LogP contribution in [0, 0.1) is 0 Å². The van der Waals surface area contributed by atoms with Crippen molar-refractivity contribution in [3.8, 4) is 0 Å². The van der Waals surface area contributed by atoms with Crippen molar-refractivity contribution in [2.45, 2.75) is 44.4 Å². The summed E-state index contributed by atoms with van der Waals surface area (Å²) < 4.78 is 0. The number of hydrogen-bond acceptors (Lipinski definition) is 3. The van der Waals surface area contributed by atoms with Gasteiger partial charge in [-0.05, 0) is 25.7 Å². The van der Waals surface area contributed by atoms with E-state index >= 15 is 0 Å². The van der Waals surface area contributed by atoms with Crippen molar-refractivity contribution in [3.63, 3.8) is 0 Å². The molecule has 1 aliphatic carbocycles. The first-order chi connectivity index (χ1) is 6.80. The van der Waals surface area contributed by atoms with E-state index in [1.165, 1.54) is 36.4 Å². The SMILES string of the molecule is CCCc1nc(C2(CN)CCC2)cs1. The minimum Gasteiger partial charge on any atom is -0.330 e. The van der Waals surface area contributed by atoms with Crippen molar-refractivity contribution in [2.75, 3.05) is 6.54 Å². The fourth-order valence-electron chi connectivity index (χ4n) is 2.05. The molecular formula is C11H18N2S. The van der Waals surface area contributed by atoms with Crippen LogP contribution >= 0.6 is 11.3 Å². The number of hydrogen-bond donors (Lipinski definition) is 1. The van der Waals surface area contributed by atoms with Crippen molar-refractivity contribution in [1.29, 1.82) is 0 Å². The molecule has 0 atom stereocenters. The first-order valence-corrected chi connectivity index (χ1v) is 6.33. The normalized spacial score (nSPS) is 19.3. The lowest BCUT2D eigenvalue weighted by molar-refractivity contribution is 0.246. The summed E-state index contributed by atoms with van der Waals surface area (Å²) in [4.78, 5) is 4.70. The van der Waals surface area contributed by atoms with E-state index in [4.69, 9.17) is 10.7 Å². The van der Waals surface area contributed by atoms with Gasteiger partial charge in [-0.25, -0.2) is 4.98 Å². The van der Waals surface area contributed by atoms with E-state index in [1.807, 2.05) is 0 Å². The van der Waals surface area contributed by atoms with Crippen LogP contribution in [0.3, 0.4) is 0 Å². The molecule has 1 aromatic heterocycles. The highest BCUT2D eigenvalue weighted by atomic mass is 32.1. The van der Waals surface area contributed by atoms with Gasteiger partial charge in [-0.15, -0.1) is 11.3 Å². The molecule has 14 heavy (non-hydrogen) atoms. The lowest BCUT2D eigenvalue weighted by atomic mass is 9.67. The molecule has 78 valence electrons. The molecule has 1 aromatic rings. The third-order valence-electron chi connectivity index (χ3n) is 3.26. The largest absolute Gasteiger partial charge is 0.330 e. The molecule has 1 heterocycles. The van der Waals surface area contributed by atoms with Crippen LogP contribution in [0.4, 0.5) is 0 Å². The summed E-state index contributed by atoms with van der Waals surface area (Å²) in [5.41, 5.74) is 7.36. The minimum absolute atomic E-state index is 0.252. The van der Waals surface area contributed by atoms with Crippen LogP contribution in [0.2, 0.25) is 0 Å². The monoisotopic (exact) mass is 210 g/mol. The third-order valence-corrected chi connectivity index (χ3v) is 4.17. The fourth-order valence-corrected chi connectivity index (χ4v) is 3.07. The van der Waals surface area contributed by atoms with Crippen LogP contribution in [0.1, 0.15) is 43.3 Å². The van der Waals surface area contributed by atoms with E-state index in [2.05, 4.69) is 12.3 Å². The molecule has 3 heteroatoms. The van der Waals surface area contributed by atoms with Gasteiger partial charge in [0.1, 0.15) is 0 Å². The summed E-state index contributed by atoms with van der Waals surface area (Å²) in [6.45, 7) is 2.96. The van der Waals surface area contributed by atoms with E-state index in [9.17, 15) is 0 Å². The topological polar surface area (TPSA) is 38.9 Å². The van der Waals surface area contributed by atoms with E-state index in [0.29, 0.717) is 0 Å². The van der Waals surface area contributed by atoms with Gasteiger partial charge < -0.3 is 5.73 Å². The molecule has 2 nitrogen and oxygen atoms in total. The molecule has 2 N–H and O–H groups in total. The quantitative estimate of drug-likeness (QED) is 0.829. The summed E-state index contributed by atoms with van der Waals surface area (Å²) in [7, 11) is 0. The molecule has 0 saturated heterocycles. The second-order valence-electron chi connectivity index (χ2n) is 4.21. The molecule has 0 bridgehead atoms. The van der Waals surface area contributed by atoms with Crippen molar-refractivity contribution in [2.24, 2.45) is 5.73 Å². The van der Waals surface area contributed by atoms with E-state index < -0.39 is 0 Å². The smallest absolute Gasteiger partial charge is 0.0928 e. The number of aromatic nitrogens is 1. The zero-order chi connectivity index (χ0) is 10.0. The van der Waals surface area contributed by atoms with Crippen LogP contribution in [0.5, 0.6) is 0 Å². The zero-order valence-corrected chi connectivity index (χ0v) is 9.57. The van der Waals surface area contributed by atoms with Gasteiger partial charge in [-0.2, -0.15) is 0 Å². The summed E-state index contributed by atoms with van der Waals surface area (Å²) >= 11 is 1.80. The van der Waals surface area contributed by atoms with Gasteiger partial charge in [0.25, 0.3) is 0 Å². The Kier molecular flexibility index (Phi) is 2.88. The molecule has 1 aliphatic rings. The van der Waals surface area contributed by atoms with Crippen molar-refractivity contribution in [3.05, 3.63) is 16.1 Å². The Morgan fingerprint density at radius 2 is 2.36 bits per heavy atom. The third kappa shape index (κ3) is 1.59. The van der Waals surface area contributed by atoms with Gasteiger partial charge in [-0.3, -0.25) is 0 Å². The molecule has 0 radical (unpaired) electrons. The van der Waals surface area contributed by atoms with Crippen molar-refractivity contribution in [1.82, 2.24) is 4.98 Å². The number of rotatable bonds is 4. The number of nitrogens with zero attached hydrogens (tertiary/aromatic N) is 1. The molecule has 0 aromatic carbocycles. The molecule has 0 amide bonds. The van der Waals surface area contributed by atoms with Crippen LogP contribution in [0.15, 0.2) is 5.38 Å². The molecule has 0 spiro atoms. The number of aryl methyl sites for hydroxylation is 1. The van der Waals surface area contributed by atoms with E-state index in [1.54, 1.807) is 11.3 Å². The highest BCUT2D eigenvalue weighted by molar-refractivity contribution is 7.09. The van der Waals surface area contributed by atoms with Crippen LogP contribution < -0.4 is 5.73 Å². The first kappa shape index (κ1) is 10.1. The Morgan fingerprint density at radius 1 is 1.57 bits per heavy atom. The summed E-state index contributed by atoms with van der Waals surface area (Å²) in [5.74, 6) is 0. The lowest BCUT2D eigenvalue weighted by Gasteiger charge is -2.39. The average molecular weight is 210 g/mol. The Hall–Kier alpha value is -0.410. The zero-order valence-electron chi connectivity index (χ0n) is 8.75. The Labute approximate surface area is 89.5 Å². The summed E-state index contributed by atoms with van der Waals surface area (Å²) in [5, 5.41) is 3.50. The maximum absolute atomic E-state index is 5.85. The highest BCUT2D eigenvalue weighted by Crippen LogP contribution is 2.42. The minimum atomic E-state index is 0.252. The van der Waals surface area contributed by atoms with E-state index in [-0.39, 0.29) is 5.41 Å². The van der Waals surface area contributed by atoms with Gasteiger partial charge in [0.15, 0.2) is 0 Å². The molecule has 2 rings (SSSR count). The summed E-state index contributed by atoms with van der Waals surface area (Å²) in [6, 6.07) is 0. The van der Waals surface area contributed by atoms with Gasteiger partial charge in [-0.1, -0.05) is 13.3 Å². The van der Waals surface area contributed by atoms with E-state index in [0.717, 1.165) is 13.0 Å². The maximum atomic E-state index is 5.85. The van der Waals surface area contributed by atoms with Crippen LogP contribution in [-0.4, -0.2) is 11.5 Å². The Balaban J connectivity index is 2.15. The van der Waals surface area contributed by atoms with Gasteiger partial charge >= 0.3 is 0 Å². The maximum Gasteiger partial charge on any atom is 0.0928 e. The first-order valence-electron chi connectivity index (χ1n) is 5.46. The molecule has 1 fully saturated rings. The number of thiazole rings is 1. The fraction of sp³-hybridized carbons (Fsp3) is 0.727. The van der Waals surface area contributed by atoms with Crippen molar-refractivity contribution < 1.29 is 0 Å². The predicted molar refractivity (Wildman–Crippen MR) is 60.7 cm³/mol. The highest BCUT2D eigenvalue weighted by Gasteiger charge is 2.39. The van der Waals surface area contributed by atoms with Crippen molar-refractivity contribution >= 4 is 11.3 Å².